The maximum absolute atomic E-state index is 13.4. The van der Waals surface area contributed by atoms with Crippen molar-refractivity contribution >= 4 is 56.8 Å². The van der Waals surface area contributed by atoms with E-state index in [4.69, 9.17) is 16.1 Å². The van der Waals surface area contributed by atoms with Gasteiger partial charge in [0.1, 0.15) is 6.04 Å². The van der Waals surface area contributed by atoms with Crippen LogP contribution in [0.5, 0.6) is 0 Å². The zero-order valence-corrected chi connectivity index (χ0v) is 25.7. The maximum Gasteiger partial charge on any atom is 0.292 e. The van der Waals surface area contributed by atoms with Crippen LogP contribution in [0.15, 0.2) is 34.3 Å². The number of rotatable bonds is 10. The van der Waals surface area contributed by atoms with Crippen molar-refractivity contribution in [1.29, 1.82) is 0 Å². The van der Waals surface area contributed by atoms with E-state index in [1.165, 1.54) is 28.5 Å². The van der Waals surface area contributed by atoms with Crippen LogP contribution >= 0.6 is 22.9 Å². The molecular weight excluding hydrogens is 604 g/mol. The maximum atomic E-state index is 13.4. The van der Waals surface area contributed by atoms with Crippen molar-refractivity contribution in [1.82, 2.24) is 29.5 Å². The first-order valence-electron chi connectivity index (χ1n) is 14.0. The van der Waals surface area contributed by atoms with Gasteiger partial charge in [0.25, 0.3) is 5.91 Å². The summed E-state index contributed by atoms with van der Waals surface area (Å²) in [6.45, 7) is 3.18. The van der Waals surface area contributed by atoms with E-state index in [-0.39, 0.29) is 42.1 Å². The van der Waals surface area contributed by atoms with Gasteiger partial charge in [0.2, 0.25) is 27.6 Å². The number of piperidine rings is 1. The molecule has 2 aromatic rings. The number of nitrogens with zero attached hydrogens (tertiary/aromatic N) is 5. The van der Waals surface area contributed by atoms with Crippen molar-refractivity contribution in [2.45, 2.75) is 50.2 Å². The fourth-order valence-electron chi connectivity index (χ4n) is 5.88. The van der Waals surface area contributed by atoms with Gasteiger partial charge >= 0.3 is 0 Å². The molecule has 2 aromatic heterocycles. The van der Waals surface area contributed by atoms with Crippen LogP contribution in [-0.4, -0.2) is 115 Å². The Kier molecular flexibility index (Phi) is 9.67. The second-order valence-corrected chi connectivity index (χ2v) is 14.3. The van der Waals surface area contributed by atoms with E-state index in [2.05, 4.69) is 14.8 Å². The first kappa shape index (κ1) is 30.7. The fraction of sp³-hybridized carbons (Fsp3) is 0.556. The summed E-state index contributed by atoms with van der Waals surface area (Å²) >= 11 is 7.15. The number of carbonyl (C=O) groups is 3. The molecule has 3 fully saturated rings. The minimum absolute atomic E-state index is 0.0246. The monoisotopic (exact) mass is 638 g/mol. The number of aromatic nitrogens is 1. The molecule has 3 unspecified atom stereocenters. The fourth-order valence-corrected chi connectivity index (χ4v) is 7.95. The van der Waals surface area contributed by atoms with Gasteiger partial charge in [-0.15, -0.1) is 11.3 Å². The van der Waals surface area contributed by atoms with Gasteiger partial charge in [-0.3, -0.25) is 19.3 Å². The number of hydrogen-bond donors (Lipinski definition) is 1. The van der Waals surface area contributed by atoms with Crippen molar-refractivity contribution in [3.63, 3.8) is 0 Å². The summed E-state index contributed by atoms with van der Waals surface area (Å²) in [4.78, 5) is 47.2. The Hall–Kier alpha value is -2.78. The predicted octanol–water partition coefficient (Wildman–Crippen LogP) is 2.11. The summed E-state index contributed by atoms with van der Waals surface area (Å²) in [7, 11) is -2.10. The molecule has 1 N–H and O–H groups in total. The third kappa shape index (κ3) is 7.40. The van der Waals surface area contributed by atoms with Gasteiger partial charge in [0.05, 0.1) is 17.1 Å². The summed E-state index contributed by atoms with van der Waals surface area (Å²) < 4.78 is 33.3. The van der Waals surface area contributed by atoms with Crippen LogP contribution in [-0.2, 0) is 19.6 Å². The van der Waals surface area contributed by atoms with Crippen LogP contribution in [0.3, 0.4) is 0 Å². The van der Waals surface area contributed by atoms with Crippen molar-refractivity contribution in [2.24, 2.45) is 0 Å². The molecular formula is C27H35ClN6O6S2. The van der Waals surface area contributed by atoms with Crippen LogP contribution in [0.1, 0.15) is 47.5 Å². The lowest BCUT2D eigenvalue weighted by molar-refractivity contribution is -0.143. The lowest BCUT2D eigenvalue weighted by atomic mass is 10.1. The van der Waals surface area contributed by atoms with Gasteiger partial charge in [-0.2, -0.15) is 4.72 Å². The number of sulfonamides is 1. The van der Waals surface area contributed by atoms with E-state index in [1.54, 1.807) is 30.1 Å². The highest BCUT2D eigenvalue weighted by atomic mass is 35.5. The van der Waals surface area contributed by atoms with Crippen LogP contribution in [0.2, 0.25) is 4.34 Å². The molecule has 0 aromatic carbocycles. The summed E-state index contributed by atoms with van der Waals surface area (Å²) in [6.07, 6.45) is 6.44. The highest BCUT2D eigenvalue weighted by molar-refractivity contribution is 7.92. The molecule has 12 nitrogen and oxygen atoms in total. The van der Waals surface area contributed by atoms with E-state index in [0.29, 0.717) is 48.2 Å². The summed E-state index contributed by atoms with van der Waals surface area (Å²) in [5, 5.41) is 4.65. The molecule has 0 bridgehead atoms. The molecule has 0 aliphatic carbocycles. The smallest absolute Gasteiger partial charge is 0.292 e. The topological polar surface area (TPSA) is 136 Å². The lowest BCUT2D eigenvalue weighted by Crippen LogP contribution is -2.55. The molecule has 0 spiro atoms. The molecule has 3 aliphatic heterocycles. The quantitative estimate of drug-likeness (QED) is 0.418. The third-order valence-electron chi connectivity index (χ3n) is 8.10. The molecule has 5 rings (SSSR count). The van der Waals surface area contributed by atoms with E-state index in [0.717, 1.165) is 31.2 Å². The van der Waals surface area contributed by atoms with Gasteiger partial charge in [0.15, 0.2) is 0 Å². The molecule has 3 saturated heterocycles. The van der Waals surface area contributed by atoms with E-state index in [1.807, 2.05) is 4.90 Å². The zero-order chi connectivity index (χ0) is 29.9. The third-order valence-corrected chi connectivity index (χ3v) is 10.4. The van der Waals surface area contributed by atoms with Gasteiger partial charge < -0.3 is 19.2 Å². The van der Waals surface area contributed by atoms with E-state index in [9.17, 15) is 22.8 Å². The average Bonchev–Trinajstić information content (AvgIpc) is 3.77. The number of amides is 3. The standard InChI is InChI=1S/C27H35ClN6O6S2/c1-31(27(37)23-8-11-29-40-23)19-9-14-32(16-19)17-20-4-2-13-34(20)25(35)18-33-12-3-5-22(26(33)36)30-42(38,39)15-10-21-6-7-24(28)41-21/h6-8,10-11,15,19-20,22,30H,2-5,9,12-14,16-18H2,1H3/b15-10+. The molecule has 5 heterocycles. The number of likely N-dealkylation sites (tertiary alicyclic amines) is 3. The highest BCUT2D eigenvalue weighted by Gasteiger charge is 2.37. The summed E-state index contributed by atoms with van der Waals surface area (Å²) in [5.74, 6) is -0.501. The Labute approximate surface area is 254 Å². The Morgan fingerprint density at radius 3 is 2.74 bits per heavy atom. The minimum Gasteiger partial charge on any atom is -0.351 e. The highest BCUT2D eigenvalue weighted by Crippen LogP contribution is 2.25. The minimum atomic E-state index is -3.87. The van der Waals surface area contributed by atoms with Crippen molar-refractivity contribution in [3.8, 4) is 0 Å². The number of hydrogen-bond acceptors (Lipinski definition) is 9. The Morgan fingerprint density at radius 1 is 1.19 bits per heavy atom. The van der Waals surface area contributed by atoms with Crippen LogP contribution in [0, 0.1) is 0 Å². The number of likely N-dealkylation sites (N-methyl/N-ethyl adjacent to an activating group) is 1. The number of thiophene rings is 1. The first-order chi connectivity index (χ1) is 20.1. The van der Waals surface area contributed by atoms with Crippen molar-refractivity contribution in [3.05, 3.63) is 44.8 Å². The molecule has 228 valence electrons. The first-order valence-corrected chi connectivity index (χ1v) is 16.8. The summed E-state index contributed by atoms with van der Waals surface area (Å²) in [5.41, 5.74) is 0. The molecule has 42 heavy (non-hydrogen) atoms. The molecule has 0 radical (unpaired) electrons. The van der Waals surface area contributed by atoms with Crippen LogP contribution < -0.4 is 4.72 Å². The van der Waals surface area contributed by atoms with Crippen LogP contribution in [0.4, 0.5) is 0 Å². The zero-order valence-electron chi connectivity index (χ0n) is 23.4. The Balaban J connectivity index is 1.12. The molecule has 3 atom stereocenters. The second kappa shape index (κ2) is 13.2. The summed E-state index contributed by atoms with van der Waals surface area (Å²) in [6, 6.07) is 4.10. The van der Waals surface area contributed by atoms with E-state index >= 15 is 0 Å². The Bertz CT molecular complexity index is 1410. The second-order valence-electron chi connectivity index (χ2n) is 10.9. The van der Waals surface area contributed by atoms with Crippen molar-refractivity contribution in [2.75, 3.05) is 46.3 Å². The SMILES string of the molecule is CN(C(=O)c1ccno1)C1CCN(CC2CCCN2C(=O)CN2CCCC(NS(=O)(=O)/C=C/c3ccc(Cl)s3)C2=O)C1. The Morgan fingerprint density at radius 2 is 2.00 bits per heavy atom. The lowest BCUT2D eigenvalue weighted by Gasteiger charge is -2.34. The molecule has 3 amide bonds. The largest absolute Gasteiger partial charge is 0.351 e. The molecule has 0 saturated carbocycles. The molecule has 15 heteroatoms. The number of nitrogens with one attached hydrogen (secondary N) is 1. The van der Waals surface area contributed by atoms with Gasteiger partial charge in [0, 0.05) is 68.2 Å². The normalized spacial score (nSPS) is 23.8. The number of halogens is 1. The predicted molar refractivity (Wildman–Crippen MR) is 158 cm³/mol. The van der Waals surface area contributed by atoms with E-state index < -0.39 is 16.1 Å². The molecule has 3 aliphatic rings. The number of carbonyl (C=O) groups excluding carboxylic acids is 3. The van der Waals surface area contributed by atoms with Gasteiger partial charge in [-0.05, 0) is 50.3 Å². The van der Waals surface area contributed by atoms with Crippen LogP contribution in [0.25, 0.3) is 6.08 Å². The van der Waals surface area contributed by atoms with Gasteiger partial charge in [-0.1, -0.05) is 16.8 Å². The van der Waals surface area contributed by atoms with Crippen molar-refractivity contribution < 1.29 is 27.3 Å². The van der Waals surface area contributed by atoms with Gasteiger partial charge in [-0.25, -0.2) is 8.42 Å². The average molecular weight is 639 g/mol.